The van der Waals surface area contributed by atoms with Gasteiger partial charge in [-0.1, -0.05) is 0 Å². The first-order valence-electron chi connectivity index (χ1n) is 4.72. The van der Waals surface area contributed by atoms with Crippen LogP contribution in [-0.4, -0.2) is 41.0 Å². The highest BCUT2D eigenvalue weighted by atomic mass is 19.3. The fourth-order valence-corrected chi connectivity index (χ4v) is 1.72. The zero-order chi connectivity index (χ0) is 10.8. The molecule has 1 aliphatic rings. The molecule has 3 nitrogen and oxygen atoms in total. The van der Waals surface area contributed by atoms with Crippen LogP contribution < -0.4 is 0 Å². The van der Waals surface area contributed by atoms with Gasteiger partial charge < -0.3 is 10.0 Å². The molecule has 0 aliphatic carbocycles. The highest BCUT2D eigenvalue weighted by Gasteiger charge is 2.33. The molecule has 82 valence electrons. The van der Waals surface area contributed by atoms with Crippen molar-refractivity contribution >= 4 is 5.91 Å². The number of aliphatic hydroxyl groups is 1. The van der Waals surface area contributed by atoms with Crippen LogP contribution >= 0.6 is 0 Å². The van der Waals surface area contributed by atoms with Crippen molar-refractivity contribution in [2.24, 2.45) is 0 Å². The SMILES string of the molecule is CC(F)(F)CC(=O)N1CCC[C@H]1CO. The molecular formula is C9H15F2NO2. The summed E-state index contributed by atoms with van der Waals surface area (Å²) in [6, 6.07) is -0.259. The van der Waals surface area contributed by atoms with Crippen molar-refractivity contribution in [3.8, 4) is 0 Å². The van der Waals surface area contributed by atoms with Gasteiger partial charge in [0, 0.05) is 6.54 Å². The van der Waals surface area contributed by atoms with Crippen LogP contribution in [0.2, 0.25) is 0 Å². The van der Waals surface area contributed by atoms with Crippen molar-refractivity contribution < 1.29 is 18.7 Å². The molecule has 1 atom stereocenters. The quantitative estimate of drug-likeness (QED) is 0.750. The number of carbonyl (C=O) groups excluding carboxylic acids is 1. The molecule has 0 saturated carbocycles. The number of likely N-dealkylation sites (tertiary alicyclic amines) is 1. The Labute approximate surface area is 81.7 Å². The molecule has 0 spiro atoms. The summed E-state index contributed by atoms with van der Waals surface area (Å²) >= 11 is 0. The highest BCUT2D eigenvalue weighted by molar-refractivity contribution is 5.77. The van der Waals surface area contributed by atoms with Crippen LogP contribution in [0.25, 0.3) is 0 Å². The van der Waals surface area contributed by atoms with Crippen molar-refractivity contribution in [1.82, 2.24) is 4.90 Å². The van der Waals surface area contributed by atoms with Gasteiger partial charge in [-0.2, -0.15) is 0 Å². The van der Waals surface area contributed by atoms with E-state index in [-0.39, 0.29) is 12.6 Å². The molecular weight excluding hydrogens is 192 g/mol. The van der Waals surface area contributed by atoms with Gasteiger partial charge in [-0.3, -0.25) is 4.79 Å². The summed E-state index contributed by atoms with van der Waals surface area (Å²) in [6.07, 6.45) is 0.729. The first kappa shape index (κ1) is 11.4. The maximum atomic E-state index is 12.5. The van der Waals surface area contributed by atoms with E-state index in [9.17, 15) is 13.6 Å². The third-order valence-electron chi connectivity index (χ3n) is 2.37. The Kier molecular flexibility index (Phi) is 3.42. The van der Waals surface area contributed by atoms with Crippen LogP contribution in [0.4, 0.5) is 8.78 Å². The number of amides is 1. The molecule has 1 heterocycles. The molecule has 0 bridgehead atoms. The van der Waals surface area contributed by atoms with Crippen LogP contribution in [-0.2, 0) is 4.79 Å². The maximum Gasteiger partial charge on any atom is 0.254 e. The number of aliphatic hydroxyl groups excluding tert-OH is 1. The lowest BCUT2D eigenvalue weighted by Gasteiger charge is -2.24. The van der Waals surface area contributed by atoms with Crippen LogP contribution in [0.5, 0.6) is 0 Å². The average Bonchev–Trinajstić information content (AvgIpc) is 2.47. The first-order valence-corrected chi connectivity index (χ1v) is 4.72. The standard InChI is InChI=1S/C9H15F2NO2/c1-9(10,11)5-8(14)12-4-2-3-7(12)6-13/h7,13H,2-6H2,1H3/t7-/m0/s1. The lowest BCUT2D eigenvalue weighted by Crippen LogP contribution is -2.39. The lowest BCUT2D eigenvalue weighted by molar-refractivity contribution is -0.139. The average molecular weight is 207 g/mol. The van der Waals surface area contributed by atoms with Crippen molar-refractivity contribution in [1.29, 1.82) is 0 Å². The van der Waals surface area contributed by atoms with Gasteiger partial charge in [-0.25, -0.2) is 8.78 Å². The number of halogens is 2. The number of nitrogens with zero attached hydrogens (tertiary/aromatic N) is 1. The van der Waals surface area contributed by atoms with Crippen LogP contribution in [0.15, 0.2) is 0 Å². The van der Waals surface area contributed by atoms with Gasteiger partial charge in [0.05, 0.1) is 19.1 Å². The Morgan fingerprint density at radius 1 is 1.64 bits per heavy atom. The molecule has 0 aromatic rings. The molecule has 1 N–H and O–H groups in total. The van der Waals surface area contributed by atoms with Gasteiger partial charge >= 0.3 is 0 Å². The van der Waals surface area contributed by atoms with Crippen molar-refractivity contribution in [3.63, 3.8) is 0 Å². The van der Waals surface area contributed by atoms with Gasteiger partial charge in [0.15, 0.2) is 0 Å². The number of rotatable bonds is 3. The number of hydrogen-bond acceptors (Lipinski definition) is 2. The highest BCUT2D eigenvalue weighted by Crippen LogP contribution is 2.23. The Morgan fingerprint density at radius 2 is 2.29 bits per heavy atom. The van der Waals surface area contributed by atoms with Crippen LogP contribution in [0, 0.1) is 0 Å². The van der Waals surface area contributed by atoms with E-state index < -0.39 is 18.3 Å². The Morgan fingerprint density at radius 3 is 2.79 bits per heavy atom. The predicted molar refractivity (Wildman–Crippen MR) is 47.1 cm³/mol. The molecule has 0 radical (unpaired) electrons. The maximum absolute atomic E-state index is 12.5. The van der Waals surface area contributed by atoms with Gasteiger partial charge in [0.25, 0.3) is 5.92 Å². The smallest absolute Gasteiger partial charge is 0.254 e. The molecule has 1 aliphatic heterocycles. The van der Waals surface area contributed by atoms with Crippen LogP contribution in [0.1, 0.15) is 26.2 Å². The normalized spacial score (nSPS) is 22.9. The Bertz CT molecular complexity index is 215. The summed E-state index contributed by atoms with van der Waals surface area (Å²) in [4.78, 5) is 12.7. The van der Waals surface area contributed by atoms with E-state index >= 15 is 0 Å². The van der Waals surface area contributed by atoms with E-state index in [2.05, 4.69) is 0 Å². The van der Waals surface area contributed by atoms with E-state index in [0.29, 0.717) is 13.0 Å². The van der Waals surface area contributed by atoms with Gasteiger partial charge in [0.1, 0.15) is 0 Å². The van der Waals surface area contributed by atoms with E-state index in [1.54, 1.807) is 0 Å². The third-order valence-corrected chi connectivity index (χ3v) is 2.37. The Balaban J connectivity index is 2.52. The van der Waals surface area contributed by atoms with E-state index in [1.165, 1.54) is 4.90 Å². The second kappa shape index (κ2) is 4.21. The fraction of sp³-hybridized carbons (Fsp3) is 0.889. The molecule has 1 saturated heterocycles. The molecule has 0 aromatic heterocycles. The largest absolute Gasteiger partial charge is 0.394 e. The molecule has 5 heteroatoms. The van der Waals surface area contributed by atoms with Crippen molar-refractivity contribution in [2.45, 2.75) is 38.2 Å². The summed E-state index contributed by atoms with van der Waals surface area (Å²) in [7, 11) is 0. The second-order valence-corrected chi connectivity index (χ2v) is 3.81. The van der Waals surface area contributed by atoms with E-state index in [4.69, 9.17) is 5.11 Å². The summed E-state index contributed by atoms with van der Waals surface area (Å²) < 4.78 is 25.1. The number of carbonyl (C=O) groups is 1. The second-order valence-electron chi connectivity index (χ2n) is 3.81. The van der Waals surface area contributed by atoms with Crippen molar-refractivity contribution in [3.05, 3.63) is 0 Å². The minimum atomic E-state index is -2.96. The summed E-state index contributed by atoms with van der Waals surface area (Å²) in [6.45, 7) is 1.08. The Hall–Kier alpha value is -0.710. The van der Waals surface area contributed by atoms with E-state index in [1.807, 2.05) is 0 Å². The summed E-state index contributed by atoms with van der Waals surface area (Å²) in [5.41, 5.74) is 0. The first-order chi connectivity index (χ1) is 6.44. The monoisotopic (exact) mass is 207 g/mol. The molecule has 1 fully saturated rings. The number of hydrogen-bond donors (Lipinski definition) is 1. The fourth-order valence-electron chi connectivity index (χ4n) is 1.72. The summed E-state index contributed by atoms with van der Waals surface area (Å²) in [5.74, 6) is -3.52. The van der Waals surface area contributed by atoms with Gasteiger partial charge in [0.2, 0.25) is 5.91 Å². The molecule has 1 amide bonds. The molecule has 0 unspecified atom stereocenters. The van der Waals surface area contributed by atoms with Crippen molar-refractivity contribution in [2.75, 3.05) is 13.2 Å². The number of alkyl halides is 2. The third kappa shape index (κ3) is 2.90. The molecule has 14 heavy (non-hydrogen) atoms. The minimum absolute atomic E-state index is 0.138. The topological polar surface area (TPSA) is 40.5 Å². The molecule has 0 aromatic carbocycles. The van der Waals surface area contributed by atoms with E-state index in [0.717, 1.165) is 13.3 Å². The molecule has 1 rings (SSSR count). The minimum Gasteiger partial charge on any atom is -0.394 e. The van der Waals surface area contributed by atoms with Crippen LogP contribution in [0.3, 0.4) is 0 Å². The van der Waals surface area contributed by atoms with Gasteiger partial charge in [-0.05, 0) is 19.8 Å². The zero-order valence-electron chi connectivity index (χ0n) is 8.17. The van der Waals surface area contributed by atoms with Gasteiger partial charge in [-0.15, -0.1) is 0 Å². The predicted octanol–water partition coefficient (Wildman–Crippen LogP) is 1.02. The lowest BCUT2D eigenvalue weighted by atomic mass is 10.2. The summed E-state index contributed by atoms with van der Waals surface area (Å²) in [5, 5.41) is 8.90. The zero-order valence-corrected chi connectivity index (χ0v) is 8.17.